The van der Waals surface area contributed by atoms with Crippen LogP contribution in [-0.4, -0.2) is 41.3 Å². The third-order valence-corrected chi connectivity index (χ3v) is 6.29. The van der Waals surface area contributed by atoms with Crippen LogP contribution in [0.15, 0.2) is 18.3 Å². The second kappa shape index (κ2) is 10.6. The highest BCUT2D eigenvalue weighted by molar-refractivity contribution is 5.80. The van der Waals surface area contributed by atoms with Crippen molar-refractivity contribution in [2.75, 3.05) is 11.9 Å². The van der Waals surface area contributed by atoms with Gasteiger partial charge < -0.3 is 9.64 Å². The fourth-order valence-electron chi connectivity index (χ4n) is 4.59. The van der Waals surface area contributed by atoms with Gasteiger partial charge in [-0.1, -0.05) is 19.3 Å². The van der Waals surface area contributed by atoms with Crippen molar-refractivity contribution in [3.05, 3.63) is 24.0 Å². The number of anilines is 1. The van der Waals surface area contributed by atoms with Gasteiger partial charge in [-0.25, -0.2) is 10.3 Å². The molecular formula is C22H33N3O4. The van der Waals surface area contributed by atoms with Gasteiger partial charge in [-0.2, -0.15) is 0 Å². The van der Waals surface area contributed by atoms with Gasteiger partial charge in [0.1, 0.15) is 12.1 Å². The quantitative estimate of drug-likeness (QED) is 0.393. The molecule has 160 valence electrons. The maximum absolute atomic E-state index is 13.1. The Morgan fingerprint density at radius 2 is 1.86 bits per heavy atom. The van der Waals surface area contributed by atoms with E-state index in [0.29, 0.717) is 12.3 Å². The van der Waals surface area contributed by atoms with Crippen LogP contribution in [0.3, 0.4) is 0 Å². The number of nitrogens with one attached hydrogen (secondary N) is 1. The average molecular weight is 404 g/mol. The van der Waals surface area contributed by atoms with E-state index < -0.39 is 5.91 Å². The molecule has 2 fully saturated rings. The lowest BCUT2D eigenvalue weighted by Gasteiger charge is -2.36. The van der Waals surface area contributed by atoms with Gasteiger partial charge in [0.05, 0.1) is 11.9 Å². The number of amides is 1. The average Bonchev–Trinajstić information content (AvgIpc) is 3.26. The second-order valence-electron chi connectivity index (χ2n) is 8.34. The molecule has 1 heterocycles. The fraction of sp³-hybridized carbons (Fsp3) is 0.682. The van der Waals surface area contributed by atoms with Crippen molar-refractivity contribution in [1.29, 1.82) is 0 Å². The van der Waals surface area contributed by atoms with E-state index in [9.17, 15) is 9.59 Å². The van der Waals surface area contributed by atoms with Gasteiger partial charge in [-0.3, -0.25) is 15.0 Å². The largest absolute Gasteiger partial charge is 0.461 e. The van der Waals surface area contributed by atoms with Gasteiger partial charge >= 0.3 is 5.97 Å². The van der Waals surface area contributed by atoms with Crippen LogP contribution in [0.5, 0.6) is 0 Å². The zero-order valence-electron chi connectivity index (χ0n) is 17.3. The summed E-state index contributed by atoms with van der Waals surface area (Å²) in [5.41, 5.74) is 3.28. The summed E-state index contributed by atoms with van der Waals surface area (Å²) in [7, 11) is 1.95. The van der Waals surface area contributed by atoms with Crippen LogP contribution in [-0.2, 0) is 20.7 Å². The summed E-state index contributed by atoms with van der Waals surface area (Å²) >= 11 is 0. The first-order valence-electron chi connectivity index (χ1n) is 10.9. The number of hydrogen-bond acceptors (Lipinski definition) is 6. The summed E-state index contributed by atoms with van der Waals surface area (Å²) in [6.45, 7) is 0. The van der Waals surface area contributed by atoms with Gasteiger partial charge in [-0.05, 0) is 63.0 Å². The third kappa shape index (κ3) is 5.92. The van der Waals surface area contributed by atoms with E-state index in [0.717, 1.165) is 62.7 Å². The maximum atomic E-state index is 13.1. The van der Waals surface area contributed by atoms with Gasteiger partial charge in [0.2, 0.25) is 5.91 Å². The van der Waals surface area contributed by atoms with Crippen LogP contribution >= 0.6 is 0 Å². The zero-order valence-corrected chi connectivity index (χ0v) is 17.3. The number of esters is 1. The van der Waals surface area contributed by atoms with E-state index in [-0.39, 0.29) is 24.5 Å². The van der Waals surface area contributed by atoms with E-state index in [2.05, 4.69) is 4.98 Å². The molecule has 1 aromatic heterocycles. The number of aromatic nitrogens is 1. The minimum Gasteiger partial charge on any atom is -0.461 e. The molecule has 0 radical (unpaired) electrons. The van der Waals surface area contributed by atoms with Crippen LogP contribution in [0.2, 0.25) is 0 Å². The van der Waals surface area contributed by atoms with Crippen molar-refractivity contribution < 1.29 is 19.5 Å². The molecule has 1 unspecified atom stereocenters. The molecule has 2 saturated carbocycles. The number of hydroxylamine groups is 1. The Kier molecular flexibility index (Phi) is 7.86. The molecular weight excluding hydrogens is 370 g/mol. The second-order valence-corrected chi connectivity index (χ2v) is 8.34. The molecule has 1 atom stereocenters. The van der Waals surface area contributed by atoms with Crippen LogP contribution in [0.1, 0.15) is 69.9 Å². The van der Waals surface area contributed by atoms with Crippen molar-refractivity contribution in [2.45, 2.75) is 82.8 Å². The molecule has 1 amide bonds. The Bertz CT molecular complexity index is 667. The lowest BCUT2D eigenvalue weighted by molar-refractivity contribution is -0.152. The van der Waals surface area contributed by atoms with Crippen molar-refractivity contribution in [3.8, 4) is 0 Å². The smallest absolute Gasteiger partial charge is 0.329 e. The lowest BCUT2D eigenvalue weighted by atomic mass is 9.83. The number of carbonyl (C=O) groups excluding carboxylic acids is 2. The highest BCUT2D eigenvalue weighted by Gasteiger charge is 2.36. The van der Waals surface area contributed by atoms with E-state index in [1.54, 1.807) is 11.7 Å². The Balaban J connectivity index is 1.69. The first kappa shape index (κ1) is 21.6. The molecule has 0 aliphatic heterocycles. The van der Waals surface area contributed by atoms with E-state index >= 15 is 0 Å². The van der Waals surface area contributed by atoms with Crippen molar-refractivity contribution in [2.24, 2.45) is 5.92 Å². The van der Waals surface area contributed by atoms with Crippen LogP contribution < -0.4 is 10.4 Å². The summed E-state index contributed by atoms with van der Waals surface area (Å²) in [6, 6.07) is 3.53. The highest BCUT2D eigenvalue weighted by atomic mass is 16.5. The molecule has 3 rings (SSSR count). The first-order chi connectivity index (χ1) is 14.1. The number of ether oxygens (including phenoxy) is 1. The van der Waals surface area contributed by atoms with Gasteiger partial charge in [0.25, 0.3) is 0 Å². The molecule has 7 nitrogen and oxygen atoms in total. The molecule has 29 heavy (non-hydrogen) atoms. The number of carbonyl (C=O) groups is 2. The number of rotatable bonds is 8. The topological polar surface area (TPSA) is 91.8 Å². The number of aryl methyl sites for hydroxylation is 1. The van der Waals surface area contributed by atoms with Crippen LogP contribution in [0.4, 0.5) is 5.69 Å². The number of pyridine rings is 1. The van der Waals surface area contributed by atoms with E-state index in [1.165, 1.54) is 6.42 Å². The summed E-state index contributed by atoms with van der Waals surface area (Å²) in [4.78, 5) is 30.8. The summed E-state index contributed by atoms with van der Waals surface area (Å²) in [6.07, 6.45) is 12.4. The minimum atomic E-state index is -0.431. The molecule has 0 aromatic carbocycles. The standard InChI is InChI=1S/C22H33N3O4/c1-25(18-13-11-17(23-15-18)12-14-20(26)24-28)21(16-7-3-2-4-8-16)22(27)29-19-9-5-6-10-19/h11,13,15-16,19,21,28H,2-10,12,14H2,1H3,(H,24,26). The number of hydrogen-bond donors (Lipinski definition) is 2. The lowest BCUT2D eigenvalue weighted by Crippen LogP contribution is -2.47. The highest BCUT2D eigenvalue weighted by Crippen LogP contribution is 2.32. The van der Waals surface area contributed by atoms with Gasteiger partial charge in [0, 0.05) is 19.2 Å². The molecule has 2 aliphatic carbocycles. The summed E-state index contributed by atoms with van der Waals surface area (Å²) in [5.74, 6) is -0.231. The summed E-state index contributed by atoms with van der Waals surface area (Å²) in [5, 5.41) is 8.60. The van der Waals surface area contributed by atoms with Crippen molar-refractivity contribution in [1.82, 2.24) is 10.5 Å². The predicted octanol–water partition coefficient (Wildman–Crippen LogP) is 3.39. The maximum Gasteiger partial charge on any atom is 0.329 e. The summed E-state index contributed by atoms with van der Waals surface area (Å²) < 4.78 is 5.90. The van der Waals surface area contributed by atoms with Crippen LogP contribution in [0, 0.1) is 5.92 Å². The van der Waals surface area contributed by atoms with Crippen molar-refractivity contribution >= 4 is 17.6 Å². The van der Waals surface area contributed by atoms with E-state index in [1.807, 2.05) is 24.1 Å². The number of nitrogens with zero attached hydrogens (tertiary/aromatic N) is 2. The van der Waals surface area contributed by atoms with Gasteiger partial charge in [0.15, 0.2) is 0 Å². The first-order valence-corrected chi connectivity index (χ1v) is 10.9. The normalized spacial score (nSPS) is 19.0. The predicted molar refractivity (Wildman–Crippen MR) is 110 cm³/mol. The van der Waals surface area contributed by atoms with Gasteiger partial charge in [-0.15, -0.1) is 0 Å². The number of likely N-dealkylation sites (N-methyl/N-ethyl adjacent to an activating group) is 1. The minimum absolute atomic E-state index is 0.0696. The monoisotopic (exact) mass is 403 g/mol. The van der Waals surface area contributed by atoms with Crippen LogP contribution in [0.25, 0.3) is 0 Å². The SMILES string of the molecule is CN(c1ccc(CCC(=O)NO)nc1)C(C(=O)OC1CCCC1)C1CCCCC1. The third-order valence-electron chi connectivity index (χ3n) is 6.29. The fourth-order valence-corrected chi connectivity index (χ4v) is 4.59. The Morgan fingerprint density at radius 3 is 2.48 bits per heavy atom. The van der Waals surface area contributed by atoms with E-state index in [4.69, 9.17) is 9.94 Å². The molecule has 1 aromatic rings. The molecule has 2 N–H and O–H groups in total. The van der Waals surface area contributed by atoms with Crippen molar-refractivity contribution in [3.63, 3.8) is 0 Å². The Morgan fingerprint density at radius 1 is 1.17 bits per heavy atom. The molecule has 2 aliphatic rings. The Labute approximate surface area is 172 Å². The Hall–Kier alpha value is -2.15. The molecule has 0 bridgehead atoms. The molecule has 7 heteroatoms. The molecule has 0 saturated heterocycles. The zero-order chi connectivity index (χ0) is 20.6. The molecule has 0 spiro atoms.